The third kappa shape index (κ3) is 3.56. The molecule has 0 bridgehead atoms. The summed E-state index contributed by atoms with van der Waals surface area (Å²) in [4.78, 5) is 28.9. The number of ether oxygens (including phenoxy) is 1. The first kappa shape index (κ1) is 21.0. The molecular weight excluding hydrogens is 404 g/mol. The SMILES string of the molecule is Cc1c(F)cccc1-c1ccc2nc(OC(N)=O)c(C(=O)[C@@H]3C[C@@H]3F)n2c1C(C)(C)C. The first-order valence-corrected chi connectivity index (χ1v) is 9.97. The Balaban J connectivity index is 2.10. The number of ketones is 1. The lowest BCUT2D eigenvalue weighted by atomic mass is 9.84. The van der Waals surface area contributed by atoms with Crippen LogP contribution in [-0.4, -0.2) is 27.4 Å². The van der Waals surface area contributed by atoms with E-state index in [1.807, 2.05) is 20.8 Å². The van der Waals surface area contributed by atoms with Gasteiger partial charge in [0.15, 0.2) is 11.5 Å². The standard InChI is InChI=1S/C23H23F2N3O3/c1-11-12(6-5-7-15(11)24)13-8-9-17-27-21(31-22(26)30)18(19(29)14-10-16(14)25)28(17)20(13)23(2,3)4/h5-9,14,16H,10H2,1-4H3,(H2,26,30)/t14-,16+/m1/s1. The average Bonchev–Trinajstić information content (AvgIpc) is 3.29. The van der Waals surface area contributed by atoms with Crippen molar-refractivity contribution >= 4 is 17.5 Å². The second kappa shape index (κ2) is 7.14. The monoisotopic (exact) mass is 427 g/mol. The molecule has 2 heterocycles. The highest BCUT2D eigenvalue weighted by atomic mass is 19.1. The van der Waals surface area contributed by atoms with Crippen LogP contribution in [0, 0.1) is 18.7 Å². The number of nitrogens with zero attached hydrogens (tertiary/aromatic N) is 2. The van der Waals surface area contributed by atoms with E-state index in [0.717, 1.165) is 0 Å². The van der Waals surface area contributed by atoms with E-state index in [2.05, 4.69) is 4.98 Å². The molecule has 0 aliphatic heterocycles. The molecule has 31 heavy (non-hydrogen) atoms. The summed E-state index contributed by atoms with van der Waals surface area (Å²) in [6.07, 6.45) is -2.26. The van der Waals surface area contributed by atoms with Crippen LogP contribution in [-0.2, 0) is 5.41 Å². The molecule has 2 N–H and O–H groups in total. The molecular formula is C23H23F2N3O3. The topological polar surface area (TPSA) is 86.7 Å². The van der Waals surface area contributed by atoms with Crippen LogP contribution in [0.3, 0.4) is 0 Å². The molecule has 0 unspecified atom stereocenters. The number of hydrogen-bond acceptors (Lipinski definition) is 4. The maximum absolute atomic E-state index is 14.3. The molecule has 1 aliphatic rings. The van der Waals surface area contributed by atoms with Crippen molar-refractivity contribution in [2.45, 2.75) is 45.7 Å². The number of carbonyl (C=O) groups is 2. The Morgan fingerprint density at radius 3 is 2.45 bits per heavy atom. The normalized spacial score (nSPS) is 18.3. The number of alkyl halides is 1. The molecule has 162 valence electrons. The van der Waals surface area contributed by atoms with Crippen molar-refractivity contribution in [3.8, 4) is 17.0 Å². The molecule has 1 amide bonds. The van der Waals surface area contributed by atoms with Crippen LogP contribution in [0.4, 0.5) is 13.6 Å². The summed E-state index contributed by atoms with van der Waals surface area (Å²) < 4.78 is 34.7. The molecule has 8 heteroatoms. The molecule has 1 saturated carbocycles. The zero-order valence-electron chi connectivity index (χ0n) is 17.7. The predicted molar refractivity (Wildman–Crippen MR) is 112 cm³/mol. The second-order valence-electron chi connectivity index (χ2n) is 8.86. The Morgan fingerprint density at radius 2 is 1.87 bits per heavy atom. The summed E-state index contributed by atoms with van der Waals surface area (Å²) in [7, 11) is 0. The number of benzene rings is 1. The number of primary amides is 1. The summed E-state index contributed by atoms with van der Waals surface area (Å²) in [6.45, 7) is 7.51. The summed E-state index contributed by atoms with van der Waals surface area (Å²) in [5.74, 6) is -1.93. The Hall–Kier alpha value is -3.29. The summed E-state index contributed by atoms with van der Waals surface area (Å²) in [5.41, 5.74) is 7.43. The largest absolute Gasteiger partial charge is 0.411 e. The first-order chi connectivity index (χ1) is 14.5. The van der Waals surface area contributed by atoms with Crippen LogP contribution in [0.2, 0.25) is 0 Å². The van der Waals surface area contributed by atoms with E-state index >= 15 is 0 Å². The lowest BCUT2D eigenvalue weighted by Crippen LogP contribution is -2.22. The summed E-state index contributed by atoms with van der Waals surface area (Å²) >= 11 is 0. The van der Waals surface area contributed by atoms with Crippen LogP contribution >= 0.6 is 0 Å². The molecule has 0 spiro atoms. The zero-order chi connectivity index (χ0) is 22.7. The van der Waals surface area contributed by atoms with Gasteiger partial charge in [-0.05, 0) is 42.7 Å². The number of rotatable bonds is 4. The highest BCUT2D eigenvalue weighted by Crippen LogP contribution is 2.42. The minimum Gasteiger partial charge on any atom is -0.389 e. The zero-order valence-corrected chi connectivity index (χ0v) is 17.7. The molecule has 4 rings (SSSR count). The minimum atomic E-state index is -1.24. The molecule has 0 radical (unpaired) electrons. The van der Waals surface area contributed by atoms with Gasteiger partial charge in [0.2, 0.25) is 0 Å². The quantitative estimate of drug-likeness (QED) is 0.609. The fourth-order valence-corrected chi connectivity index (χ4v) is 3.96. The molecule has 1 aromatic carbocycles. The number of carbonyl (C=O) groups excluding carboxylic acids is 2. The van der Waals surface area contributed by atoms with Crippen molar-refractivity contribution in [2.24, 2.45) is 11.7 Å². The van der Waals surface area contributed by atoms with Crippen molar-refractivity contribution in [3.05, 3.63) is 53.1 Å². The van der Waals surface area contributed by atoms with Gasteiger partial charge >= 0.3 is 6.09 Å². The van der Waals surface area contributed by atoms with E-state index in [1.54, 1.807) is 35.6 Å². The number of nitrogens with two attached hydrogens (primary N) is 1. The third-order valence-corrected chi connectivity index (χ3v) is 5.50. The number of imidazole rings is 1. The van der Waals surface area contributed by atoms with Crippen LogP contribution in [0.25, 0.3) is 16.8 Å². The van der Waals surface area contributed by atoms with E-state index in [1.165, 1.54) is 6.07 Å². The van der Waals surface area contributed by atoms with Crippen LogP contribution < -0.4 is 10.5 Å². The van der Waals surface area contributed by atoms with E-state index < -0.39 is 29.4 Å². The number of amides is 1. The van der Waals surface area contributed by atoms with Gasteiger partial charge in [0.1, 0.15) is 17.6 Å². The third-order valence-electron chi connectivity index (χ3n) is 5.50. The number of fused-ring (bicyclic) bond motifs is 1. The number of aromatic nitrogens is 2. The predicted octanol–water partition coefficient (Wildman–Crippen LogP) is 4.74. The van der Waals surface area contributed by atoms with Gasteiger partial charge in [-0.2, -0.15) is 4.98 Å². The van der Waals surface area contributed by atoms with Crippen molar-refractivity contribution < 1.29 is 23.1 Å². The molecule has 2 aromatic heterocycles. The first-order valence-electron chi connectivity index (χ1n) is 9.97. The van der Waals surface area contributed by atoms with Crippen LogP contribution in [0.15, 0.2) is 30.3 Å². The average molecular weight is 427 g/mol. The van der Waals surface area contributed by atoms with Crippen molar-refractivity contribution in [1.29, 1.82) is 0 Å². The minimum absolute atomic E-state index is 0.0280. The van der Waals surface area contributed by atoms with Gasteiger partial charge in [-0.3, -0.25) is 9.20 Å². The lowest BCUT2D eigenvalue weighted by molar-refractivity contribution is 0.0948. The van der Waals surface area contributed by atoms with Gasteiger partial charge in [-0.15, -0.1) is 0 Å². The van der Waals surface area contributed by atoms with Crippen LogP contribution in [0.1, 0.15) is 48.9 Å². The molecule has 1 fully saturated rings. The fraction of sp³-hybridized carbons (Fsp3) is 0.348. The Morgan fingerprint density at radius 1 is 1.19 bits per heavy atom. The van der Waals surface area contributed by atoms with Gasteiger partial charge in [-0.1, -0.05) is 32.9 Å². The van der Waals surface area contributed by atoms with Crippen molar-refractivity contribution in [1.82, 2.24) is 9.38 Å². The van der Waals surface area contributed by atoms with Gasteiger partial charge in [0.05, 0.1) is 5.92 Å². The number of Topliss-reactive ketones (excluding diaryl/α,β-unsaturated/α-hetero) is 1. The smallest absolute Gasteiger partial charge is 0.389 e. The highest BCUT2D eigenvalue weighted by molar-refractivity contribution is 6.02. The maximum Gasteiger partial charge on any atom is 0.411 e. The number of hydrogen-bond donors (Lipinski definition) is 1. The summed E-state index contributed by atoms with van der Waals surface area (Å²) in [5, 5.41) is 0. The molecule has 6 nitrogen and oxygen atoms in total. The van der Waals surface area contributed by atoms with Gasteiger partial charge in [0.25, 0.3) is 5.88 Å². The molecule has 3 aromatic rings. The van der Waals surface area contributed by atoms with E-state index in [9.17, 15) is 18.4 Å². The molecule has 1 aliphatic carbocycles. The Kier molecular flexibility index (Phi) is 4.83. The Bertz CT molecular complexity index is 1230. The van der Waals surface area contributed by atoms with Crippen LogP contribution in [0.5, 0.6) is 5.88 Å². The fourth-order valence-electron chi connectivity index (χ4n) is 3.96. The van der Waals surface area contributed by atoms with Gasteiger partial charge < -0.3 is 10.5 Å². The second-order valence-corrected chi connectivity index (χ2v) is 8.86. The molecule has 2 atom stereocenters. The van der Waals surface area contributed by atoms with Crippen molar-refractivity contribution in [2.75, 3.05) is 0 Å². The Labute approximate surface area is 178 Å². The van der Waals surface area contributed by atoms with E-state index in [0.29, 0.717) is 28.0 Å². The van der Waals surface area contributed by atoms with E-state index in [4.69, 9.17) is 10.5 Å². The van der Waals surface area contributed by atoms with Crippen molar-refractivity contribution in [3.63, 3.8) is 0 Å². The summed E-state index contributed by atoms with van der Waals surface area (Å²) in [6, 6.07) is 8.25. The number of pyridine rings is 1. The highest BCUT2D eigenvalue weighted by Gasteiger charge is 2.46. The van der Waals surface area contributed by atoms with Gasteiger partial charge in [-0.25, -0.2) is 13.6 Å². The molecule has 0 saturated heterocycles. The maximum atomic E-state index is 14.3. The lowest BCUT2D eigenvalue weighted by Gasteiger charge is -2.26. The van der Waals surface area contributed by atoms with Gasteiger partial charge in [0, 0.05) is 16.7 Å². The van der Waals surface area contributed by atoms with E-state index in [-0.39, 0.29) is 23.8 Å². The number of halogens is 2.